The van der Waals surface area contributed by atoms with E-state index in [2.05, 4.69) is 5.32 Å². The third-order valence-corrected chi connectivity index (χ3v) is 6.45. The first-order valence-corrected chi connectivity index (χ1v) is 12.2. The summed E-state index contributed by atoms with van der Waals surface area (Å²) < 4.78 is 61.2. The lowest BCUT2D eigenvalue weighted by atomic mass is 10.0. The number of rotatable bonds is 9. The van der Waals surface area contributed by atoms with Gasteiger partial charge in [0.1, 0.15) is 11.6 Å². The van der Waals surface area contributed by atoms with E-state index in [4.69, 9.17) is 4.74 Å². The van der Waals surface area contributed by atoms with Crippen LogP contribution in [0.1, 0.15) is 38.8 Å². The van der Waals surface area contributed by atoms with Crippen LogP contribution in [0.15, 0.2) is 41.3 Å². The molecule has 2 aromatic carbocycles. The number of carbonyl (C=O) groups excluding carboxylic acids is 2. The quantitative estimate of drug-likeness (QED) is 0.290. The number of ether oxygens (including phenoxy) is 1. The van der Waals surface area contributed by atoms with Crippen molar-refractivity contribution < 1.29 is 36.4 Å². The molecule has 196 valence electrons. The summed E-state index contributed by atoms with van der Waals surface area (Å²) in [4.78, 5) is 35.2. The standard InChI is InChI=1S/C23H27F2N3O7S/c1-13-10-11-15(20(25)19(13)24)12-16(22(30)35-23(3,4)5)26-21(29)14(2)27-36(33,34)18-9-7-6-8-17(18)28(31)32/h6-11,14,16,27H,12H2,1-5H3,(H,26,29)/t14-,16-/m0/s1. The molecule has 1 amide bonds. The lowest BCUT2D eigenvalue weighted by molar-refractivity contribution is -0.387. The Morgan fingerprint density at radius 1 is 1.11 bits per heavy atom. The summed E-state index contributed by atoms with van der Waals surface area (Å²) >= 11 is 0. The fourth-order valence-electron chi connectivity index (χ4n) is 3.11. The second-order valence-corrected chi connectivity index (χ2v) is 10.7. The third kappa shape index (κ3) is 7.28. The Kier molecular flexibility index (Phi) is 8.86. The van der Waals surface area contributed by atoms with Gasteiger partial charge in [-0.2, -0.15) is 4.72 Å². The van der Waals surface area contributed by atoms with Crippen LogP contribution in [0.3, 0.4) is 0 Å². The minimum absolute atomic E-state index is 0.0483. The molecule has 2 atom stereocenters. The van der Waals surface area contributed by atoms with Gasteiger partial charge in [-0.3, -0.25) is 14.9 Å². The molecule has 10 nitrogen and oxygen atoms in total. The number of nitrogens with zero attached hydrogens (tertiary/aromatic N) is 1. The van der Waals surface area contributed by atoms with Gasteiger partial charge in [0, 0.05) is 12.5 Å². The van der Waals surface area contributed by atoms with Crippen molar-refractivity contribution in [3.05, 3.63) is 69.3 Å². The van der Waals surface area contributed by atoms with Gasteiger partial charge in [0.2, 0.25) is 15.9 Å². The second kappa shape index (κ2) is 11.1. The Balaban J connectivity index is 2.29. The van der Waals surface area contributed by atoms with Gasteiger partial charge in [-0.05, 0) is 51.8 Å². The van der Waals surface area contributed by atoms with Gasteiger partial charge < -0.3 is 10.1 Å². The van der Waals surface area contributed by atoms with E-state index in [-0.39, 0.29) is 11.1 Å². The highest BCUT2D eigenvalue weighted by Gasteiger charge is 2.32. The number of amides is 1. The predicted octanol–water partition coefficient (Wildman–Crippen LogP) is 2.92. The number of hydrogen-bond acceptors (Lipinski definition) is 7. The molecule has 0 bridgehead atoms. The largest absolute Gasteiger partial charge is 0.458 e. The first kappa shape index (κ1) is 28.8. The molecule has 0 unspecified atom stereocenters. The van der Waals surface area contributed by atoms with Crippen LogP contribution >= 0.6 is 0 Å². The second-order valence-electron chi connectivity index (χ2n) is 9.04. The Morgan fingerprint density at radius 2 is 1.72 bits per heavy atom. The van der Waals surface area contributed by atoms with Crippen molar-refractivity contribution >= 4 is 27.6 Å². The Bertz CT molecular complexity index is 1280. The number of sulfonamides is 1. The summed E-state index contributed by atoms with van der Waals surface area (Å²) in [5.74, 6) is -4.25. The van der Waals surface area contributed by atoms with Crippen LogP contribution in [0.4, 0.5) is 14.5 Å². The topological polar surface area (TPSA) is 145 Å². The number of esters is 1. The van der Waals surface area contributed by atoms with Crippen LogP contribution in [-0.2, 0) is 30.8 Å². The molecule has 0 aliphatic carbocycles. The van der Waals surface area contributed by atoms with Crippen molar-refractivity contribution in [1.82, 2.24) is 10.0 Å². The molecule has 13 heteroatoms. The SMILES string of the molecule is Cc1ccc(C[C@H](NC(=O)[C@H](C)NS(=O)(=O)c2ccccc2[N+](=O)[O-])C(=O)OC(C)(C)C)c(F)c1F. The van der Waals surface area contributed by atoms with E-state index in [1.165, 1.54) is 31.2 Å². The fraction of sp³-hybridized carbons (Fsp3) is 0.391. The van der Waals surface area contributed by atoms with Gasteiger partial charge in [0.15, 0.2) is 16.5 Å². The molecule has 2 rings (SSSR count). The van der Waals surface area contributed by atoms with Gasteiger partial charge >= 0.3 is 5.97 Å². The Labute approximate surface area is 207 Å². The highest BCUT2D eigenvalue weighted by molar-refractivity contribution is 7.89. The summed E-state index contributed by atoms with van der Waals surface area (Å²) in [6.07, 6.45) is -0.479. The first-order valence-electron chi connectivity index (χ1n) is 10.8. The van der Waals surface area contributed by atoms with Gasteiger partial charge in [-0.15, -0.1) is 0 Å². The lowest BCUT2D eigenvalue weighted by Gasteiger charge is -2.26. The van der Waals surface area contributed by atoms with E-state index in [1.54, 1.807) is 20.8 Å². The van der Waals surface area contributed by atoms with Gasteiger partial charge in [-0.1, -0.05) is 24.3 Å². The van der Waals surface area contributed by atoms with Crippen LogP contribution in [0, 0.1) is 28.7 Å². The zero-order valence-electron chi connectivity index (χ0n) is 20.3. The van der Waals surface area contributed by atoms with E-state index in [0.29, 0.717) is 0 Å². The number of nitrogens with one attached hydrogen (secondary N) is 2. The first-order chi connectivity index (χ1) is 16.5. The van der Waals surface area contributed by atoms with E-state index in [0.717, 1.165) is 19.1 Å². The van der Waals surface area contributed by atoms with Crippen molar-refractivity contribution in [2.45, 2.75) is 63.6 Å². The minimum atomic E-state index is -4.52. The number of benzene rings is 2. The van der Waals surface area contributed by atoms with Crippen molar-refractivity contribution in [2.24, 2.45) is 0 Å². The van der Waals surface area contributed by atoms with Crippen molar-refractivity contribution in [3.63, 3.8) is 0 Å². The summed E-state index contributed by atoms with van der Waals surface area (Å²) in [5, 5.41) is 13.5. The number of halogens is 2. The average molecular weight is 528 g/mol. The van der Waals surface area contributed by atoms with Crippen molar-refractivity contribution in [2.75, 3.05) is 0 Å². The Hall–Kier alpha value is -3.45. The Morgan fingerprint density at radius 3 is 2.31 bits per heavy atom. The fourth-order valence-corrected chi connectivity index (χ4v) is 4.49. The smallest absolute Gasteiger partial charge is 0.329 e. The van der Waals surface area contributed by atoms with Crippen LogP contribution in [0.5, 0.6) is 0 Å². The van der Waals surface area contributed by atoms with Crippen LogP contribution < -0.4 is 10.0 Å². The summed E-state index contributed by atoms with van der Waals surface area (Å²) in [5.41, 5.74) is -1.83. The van der Waals surface area contributed by atoms with E-state index < -0.39 is 73.1 Å². The molecule has 0 saturated carbocycles. The average Bonchev–Trinajstić information content (AvgIpc) is 2.77. The van der Waals surface area contributed by atoms with Gasteiger partial charge in [0.05, 0.1) is 11.0 Å². The number of para-hydroxylation sites is 1. The van der Waals surface area contributed by atoms with Gasteiger partial charge in [0.25, 0.3) is 5.69 Å². The molecule has 0 aromatic heterocycles. The molecule has 0 spiro atoms. The van der Waals surface area contributed by atoms with Crippen LogP contribution in [0.2, 0.25) is 0 Å². The monoisotopic (exact) mass is 527 g/mol. The number of hydrogen-bond donors (Lipinski definition) is 2. The predicted molar refractivity (Wildman–Crippen MR) is 125 cm³/mol. The zero-order valence-corrected chi connectivity index (χ0v) is 21.1. The number of aryl methyl sites for hydroxylation is 1. The lowest BCUT2D eigenvalue weighted by Crippen LogP contribution is -2.52. The third-order valence-electron chi connectivity index (χ3n) is 4.86. The summed E-state index contributed by atoms with van der Waals surface area (Å²) in [6, 6.07) is 4.14. The molecular formula is C23H27F2N3O7S. The summed E-state index contributed by atoms with van der Waals surface area (Å²) in [6.45, 7) is 7.22. The van der Waals surface area contributed by atoms with E-state index >= 15 is 0 Å². The normalized spacial score (nSPS) is 13.5. The maximum absolute atomic E-state index is 14.4. The molecule has 0 heterocycles. The molecule has 0 aliphatic rings. The number of nitro groups is 1. The molecule has 0 aliphatic heterocycles. The number of carbonyl (C=O) groups is 2. The van der Waals surface area contributed by atoms with Crippen LogP contribution in [0.25, 0.3) is 0 Å². The zero-order chi connectivity index (χ0) is 27.4. The van der Waals surface area contributed by atoms with Crippen molar-refractivity contribution in [1.29, 1.82) is 0 Å². The molecule has 36 heavy (non-hydrogen) atoms. The molecule has 0 saturated heterocycles. The number of nitro benzene ring substituents is 1. The molecule has 2 aromatic rings. The maximum Gasteiger partial charge on any atom is 0.329 e. The molecule has 2 N–H and O–H groups in total. The van der Waals surface area contributed by atoms with Crippen LogP contribution in [-0.4, -0.2) is 42.9 Å². The molecule has 0 radical (unpaired) electrons. The highest BCUT2D eigenvalue weighted by Crippen LogP contribution is 2.23. The maximum atomic E-state index is 14.4. The highest BCUT2D eigenvalue weighted by atomic mass is 32.2. The molecule has 0 fully saturated rings. The van der Waals surface area contributed by atoms with Gasteiger partial charge in [-0.25, -0.2) is 22.0 Å². The van der Waals surface area contributed by atoms with E-state index in [1.807, 2.05) is 4.72 Å². The minimum Gasteiger partial charge on any atom is -0.458 e. The summed E-state index contributed by atoms with van der Waals surface area (Å²) in [7, 11) is -4.52. The molecular weight excluding hydrogens is 500 g/mol. The van der Waals surface area contributed by atoms with Crippen molar-refractivity contribution in [3.8, 4) is 0 Å². The van der Waals surface area contributed by atoms with E-state index in [9.17, 15) is 36.9 Å².